The number of carbonyl (C=O) groups is 1. The molecular formula is C22H23N3O2S. The molecular weight excluding hydrogens is 370 g/mol. The molecule has 0 atom stereocenters. The largest absolute Gasteiger partial charge is 0.497 e. The molecule has 1 fully saturated rings. The number of pyridine rings is 1. The maximum atomic E-state index is 13.0. The van der Waals surface area contributed by atoms with E-state index in [9.17, 15) is 4.79 Å². The van der Waals surface area contributed by atoms with Crippen LogP contribution in [0.1, 0.15) is 14.5 Å². The van der Waals surface area contributed by atoms with E-state index in [-0.39, 0.29) is 5.91 Å². The van der Waals surface area contributed by atoms with Crippen molar-refractivity contribution in [1.82, 2.24) is 9.88 Å². The number of piperazine rings is 1. The predicted molar refractivity (Wildman–Crippen MR) is 113 cm³/mol. The van der Waals surface area contributed by atoms with Crippen molar-refractivity contribution in [1.29, 1.82) is 0 Å². The summed E-state index contributed by atoms with van der Waals surface area (Å²) < 4.78 is 5.23. The molecule has 0 spiro atoms. The lowest BCUT2D eigenvalue weighted by molar-refractivity contribution is 0.0751. The molecule has 28 heavy (non-hydrogen) atoms. The van der Waals surface area contributed by atoms with Crippen LogP contribution in [0.3, 0.4) is 0 Å². The highest BCUT2D eigenvalue weighted by molar-refractivity contribution is 7.14. The van der Waals surface area contributed by atoms with Gasteiger partial charge in [0.2, 0.25) is 0 Å². The van der Waals surface area contributed by atoms with Crippen molar-refractivity contribution in [3.05, 3.63) is 64.5 Å². The van der Waals surface area contributed by atoms with Crippen LogP contribution in [0.15, 0.2) is 54.7 Å². The molecule has 0 N–H and O–H groups in total. The molecule has 1 amide bonds. The van der Waals surface area contributed by atoms with E-state index in [1.54, 1.807) is 18.4 Å². The number of anilines is 1. The van der Waals surface area contributed by atoms with E-state index in [1.165, 1.54) is 0 Å². The number of amides is 1. The summed E-state index contributed by atoms with van der Waals surface area (Å²) in [7, 11) is 1.66. The number of carbonyl (C=O) groups excluding carboxylic acids is 1. The minimum Gasteiger partial charge on any atom is -0.497 e. The lowest BCUT2D eigenvalue weighted by atomic mass is 10.1. The van der Waals surface area contributed by atoms with Crippen molar-refractivity contribution in [2.24, 2.45) is 0 Å². The van der Waals surface area contributed by atoms with Crippen LogP contribution in [0.25, 0.3) is 11.1 Å². The lowest BCUT2D eigenvalue weighted by Gasteiger charge is -2.35. The van der Waals surface area contributed by atoms with Crippen LogP contribution >= 0.6 is 11.3 Å². The summed E-state index contributed by atoms with van der Waals surface area (Å²) in [5, 5.41) is 0. The second-order valence-electron chi connectivity index (χ2n) is 6.78. The number of ether oxygens (including phenoxy) is 1. The van der Waals surface area contributed by atoms with Crippen LogP contribution in [-0.2, 0) is 0 Å². The van der Waals surface area contributed by atoms with Crippen molar-refractivity contribution in [2.45, 2.75) is 6.92 Å². The van der Waals surface area contributed by atoms with Gasteiger partial charge in [0.05, 0.1) is 12.0 Å². The summed E-state index contributed by atoms with van der Waals surface area (Å²) in [6, 6.07) is 15.9. The van der Waals surface area contributed by atoms with Crippen molar-refractivity contribution in [3.8, 4) is 16.9 Å². The molecule has 6 heteroatoms. The Hall–Kier alpha value is -2.86. The number of hydrogen-bond acceptors (Lipinski definition) is 5. The monoisotopic (exact) mass is 393 g/mol. The molecule has 0 saturated carbocycles. The summed E-state index contributed by atoms with van der Waals surface area (Å²) >= 11 is 1.57. The van der Waals surface area contributed by atoms with E-state index >= 15 is 0 Å². The number of aromatic nitrogens is 1. The molecule has 1 aliphatic rings. The van der Waals surface area contributed by atoms with Gasteiger partial charge in [0.25, 0.3) is 5.91 Å². The van der Waals surface area contributed by atoms with E-state index < -0.39 is 0 Å². The lowest BCUT2D eigenvalue weighted by Crippen LogP contribution is -2.48. The van der Waals surface area contributed by atoms with Crippen LogP contribution < -0.4 is 9.64 Å². The van der Waals surface area contributed by atoms with E-state index in [4.69, 9.17) is 4.74 Å². The zero-order chi connectivity index (χ0) is 19.5. The molecule has 3 heterocycles. The molecule has 5 nitrogen and oxygen atoms in total. The van der Waals surface area contributed by atoms with Crippen LogP contribution in [0.4, 0.5) is 5.82 Å². The molecule has 3 aromatic rings. The first-order chi connectivity index (χ1) is 13.7. The van der Waals surface area contributed by atoms with Crippen molar-refractivity contribution in [2.75, 3.05) is 38.2 Å². The van der Waals surface area contributed by atoms with Gasteiger partial charge in [-0.05, 0) is 48.4 Å². The first kappa shape index (κ1) is 18.5. The second-order valence-corrected chi connectivity index (χ2v) is 8.03. The minimum atomic E-state index is 0.119. The zero-order valence-corrected chi connectivity index (χ0v) is 16.9. The van der Waals surface area contributed by atoms with Gasteiger partial charge in [-0.15, -0.1) is 11.3 Å². The third-order valence-corrected chi connectivity index (χ3v) is 6.11. The number of methoxy groups -OCH3 is 1. The standard InChI is InChI=1S/C22H23N3O2S/c1-16-19(17-6-8-18(27-2)9-7-17)15-20(28-16)22(26)25-13-11-24(12-14-25)21-5-3-4-10-23-21/h3-10,15H,11-14H2,1-2H3. The molecule has 0 bridgehead atoms. The molecule has 1 aliphatic heterocycles. The van der Waals surface area contributed by atoms with Crippen LogP contribution in [0, 0.1) is 6.92 Å². The smallest absolute Gasteiger partial charge is 0.264 e. The molecule has 1 aromatic carbocycles. The summed E-state index contributed by atoms with van der Waals surface area (Å²) in [5.74, 6) is 1.93. The van der Waals surface area contributed by atoms with E-state index in [0.717, 1.165) is 45.5 Å². The van der Waals surface area contributed by atoms with Crippen molar-refractivity contribution < 1.29 is 9.53 Å². The van der Waals surface area contributed by atoms with Gasteiger partial charge in [-0.25, -0.2) is 4.98 Å². The number of aryl methyl sites for hydroxylation is 1. The molecule has 0 radical (unpaired) electrons. The highest BCUT2D eigenvalue weighted by atomic mass is 32.1. The fourth-order valence-corrected chi connectivity index (χ4v) is 4.49. The number of hydrogen-bond donors (Lipinski definition) is 0. The van der Waals surface area contributed by atoms with Gasteiger partial charge in [-0.3, -0.25) is 4.79 Å². The van der Waals surface area contributed by atoms with Gasteiger partial charge in [-0.1, -0.05) is 18.2 Å². The Morgan fingerprint density at radius 1 is 1.07 bits per heavy atom. The summed E-state index contributed by atoms with van der Waals surface area (Å²) in [6.07, 6.45) is 1.81. The maximum absolute atomic E-state index is 13.0. The Morgan fingerprint density at radius 3 is 2.46 bits per heavy atom. The Morgan fingerprint density at radius 2 is 1.82 bits per heavy atom. The van der Waals surface area contributed by atoms with Gasteiger partial charge in [-0.2, -0.15) is 0 Å². The third-order valence-electron chi connectivity index (χ3n) is 5.07. The Bertz CT molecular complexity index is 946. The third kappa shape index (κ3) is 3.73. The molecule has 2 aromatic heterocycles. The number of nitrogens with zero attached hydrogens (tertiary/aromatic N) is 3. The van der Waals surface area contributed by atoms with Gasteiger partial charge in [0.15, 0.2) is 0 Å². The molecule has 1 saturated heterocycles. The van der Waals surface area contributed by atoms with Gasteiger partial charge in [0, 0.05) is 37.3 Å². The number of thiophene rings is 1. The average molecular weight is 394 g/mol. The maximum Gasteiger partial charge on any atom is 0.264 e. The van der Waals surface area contributed by atoms with Crippen molar-refractivity contribution in [3.63, 3.8) is 0 Å². The Labute approximate surface area is 169 Å². The zero-order valence-electron chi connectivity index (χ0n) is 16.1. The first-order valence-electron chi connectivity index (χ1n) is 9.36. The summed E-state index contributed by atoms with van der Waals surface area (Å²) in [4.78, 5) is 23.6. The molecule has 0 aliphatic carbocycles. The second kappa shape index (κ2) is 8.02. The quantitative estimate of drug-likeness (QED) is 0.670. The van der Waals surface area contributed by atoms with Crippen LogP contribution in [0.2, 0.25) is 0 Å². The highest BCUT2D eigenvalue weighted by Crippen LogP contribution is 2.32. The fraction of sp³-hybridized carbons (Fsp3) is 0.273. The van der Waals surface area contributed by atoms with Crippen molar-refractivity contribution >= 4 is 23.1 Å². The summed E-state index contributed by atoms with van der Waals surface area (Å²) in [5.41, 5.74) is 2.22. The van der Waals surface area contributed by atoms with Gasteiger partial charge in [0.1, 0.15) is 11.6 Å². The summed E-state index contributed by atoms with van der Waals surface area (Å²) in [6.45, 7) is 5.10. The minimum absolute atomic E-state index is 0.119. The topological polar surface area (TPSA) is 45.7 Å². The van der Waals surface area contributed by atoms with Gasteiger partial charge >= 0.3 is 0 Å². The SMILES string of the molecule is COc1ccc(-c2cc(C(=O)N3CCN(c4ccccn4)CC3)sc2C)cc1. The molecule has 4 rings (SSSR count). The van der Waals surface area contributed by atoms with E-state index in [0.29, 0.717) is 13.1 Å². The van der Waals surface area contributed by atoms with Crippen LogP contribution in [-0.4, -0.2) is 49.1 Å². The average Bonchev–Trinajstić information content (AvgIpc) is 3.15. The highest BCUT2D eigenvalue weighted by Gasteiger charge is 2.24. The molecule has 0 unspecified atom stereocenters. The van der Waals surface area contributed by atoms with Crippen LogP contribution in [0.5, 0.6) is 5.75 Å². The number of rotatable bonds is 4. The Kier molecular flexibility index (Phi) is 5.30. The number of benzene rings is 1. The molecule has 144 valence electrons. The fourth-order valence-electron chi connectivity index (χ4n) is 3.48. The first-order valence-corrected chi connectivity index (χ1v) is 10.2. The van der Waals surface area contributed by atoms with E-state index in [2.05, 4.69) is 16.8 Å². The van der Waals surface area contributed by atoms with E-state index in [1.807, 2.05) is 59.6 Å². The normalized spacial score (nSPS) is 14.2. The Balaban J connectivity index is 1.45. The predicted octanol–water partition coefficient (Wildman–Crippen LogP) is 4.09. The van der Waals surface area contributed by atoms with Gasteiger partial charge < -0.3 is 14.5 Å².